The van der Waals surface area contributed by atoms with Gasteiger partial charge in [0.1, 0.15) is 11.3 Å². The van der Waals surface area contributed by atoms with Crippen molar-refractivity contribution in [3.05, 3.63) is 56.3 Å². The van der Waals surface area contributed by atoms with Gasteiger partial charge < -0.3 is 15.6 Å². The van der Waals surface area contributed by atoms with Crippen LogP contribution in [0.15, 0.2) is 28.7 Å². The Kier molecular flexibility index (Phi) is 5.32. The molecular formula is C18H19BrClFN4. The van der Waals surface area contributed by atoms with Crippen LogP contribution in [-0.4, -0.2) is 22.6 Å². The quantitative estimate of drug-likeness (QED) is 0.627. The molecule has 1 aromatic heterocycles. The zero-order valence-corrected chi connectivity index (χ0v) is 16.4. The normalized spacial score (nSPS) is 11.3. The Morgan fingerprint density at radius 2 is 2.08 bits per heavy atom. The lowest BCUT2D eigenvalue weighted by atomic mass is 10.1. The maximum absolute atomic E-state index is 13.4. The molecule has 0 spiro atoms. The van der Waals surface area contributed by atoms with E-state index in [9.17, 15) is 4.39 Å². The van der Waals surface area contributed by atoms with Crippen LogP contribution in [0, 0.1) is 19.7 Å². The Morgan fingerprint density at radius 3 is 2.76 bits per heavy atom. The van der Waals surface area contributed by atoms with E-state index in [-0.39, 0.29) is 5.02 Å². The maximum Gasteiger partial charge on any atom is 0.204 e. The van der Waals surface area contributed by atoms with Gasteiger partial charge in [-0.2, -0.15) is 0 Å². The van der Waals surface area contributed by atoms with E-state index in [2.05, 4.69) is 45.7 Å². The molecule has 3 rings (SSSR count). The SMILES string of the molecule is Cc1cc2c(nc(NCCN)n2Cc2ccc(F)c(Cl)c2)c(Br)c1C. The standard InChI is InChI=1S/C18H19BrClFN4/c1-10-7-15-17(16(19)11(10)2)24-18(23-6-5-22)25(15)9-12-3-4-14(21)13(20)8-12/h3-4,7-8H,5-6,9,22H2,1-2H3,(H,23,24). The predicted molar refractivity (Wildman–Crippen MR) is 105 cm³/mol. The molecule has 3 N–H and O–H groups in total. The summed E-state index contributed by atoms with van der Waals surface area (Å²) in [5.41, 5.74) is 10.7. The average Bonchev–Trinajstić information content (AvgIpc) is 2.92. The molecule has 0 aliphatic heterocycles. The Hall–Kier alpha value is -1.63. The summed E-state index contributed by atoms with van der Waals surface area (Å²) in [6.07, 6.45) is 0. The van der Waals surface area contributed by atoms with Crippen LogP contribution in [0.5, 0.6) is 0 Å². The van der Waals surface area contributed by atoms with Crippen LogP contribution < -0.4 is 11.1 Å². The molecule has 0 fully saturated rings. The van der Waals surface area contributed by atoms with E-state index in [1.807, 2.05) is 0 Å². The maximum atomic E-state index is 13.4. The van der Waals surface area contributed by atoms with Gasteiger partial charge in [0, 0.05) is 17.6 Å². The number of benzene rings is 2. The first-order valence-corrected chi connectivity index (χ1v) is 9.13. The summed E-state index contributed by atoms with van der Waals surface area (Å²) in [5, 5.41) is 3.38. The van der Waals surface area contributed by atoms with Crippen molar-refractivity contribution in [2.24, 2.45) is 5.73 Å². The first-order chi connectivity index (χ1) is 11.9. The van der Waals surface area contributed by atoms with Gasteiger partial charge in [0.05, 0.1) is 17.1 Å². The van der Waals surface area contributed by atoms with E-state index >= 15 is 0 Å². The van der Waals surface area contributed by atoms with Crippen molar-refractivity contribution in [1.29, 1.82) is 0 Å². The topological polar surface area (TPSA) is 55.9 Å². The van der Waals surface area contributed by atoms with Crippen LogP contribution in [0.25, 0.3) is 11.0 Å². The zero-order chi connectivity index (χ0) is 18.1. The van der Waals surface area contributed by atoms with Crippen LogP contribution in [0.1, 0.15) is 16.7 Å². The Bertz CT molecular complexity index is 939. The van der Waals surface area contributed by atoms with E-state index in [0.29, 0.717) is 19.6 Å². The molecule has 0 saturated heterocycles. The lowest BCUT2D eigenvalue weighted by Crippen LogP contribution is -2.16. The summed E-state index contributed by atoms with van der Waals surface area (Å²) >= 11 is 9.58. The fraction of sp³-hybridized carbons (Fsp3) is 0.278. The summed E-state index contributed by atoms with van der Waals surface area (Å²) in [6.45, 7) is 5.77. The molecule has 132 valence electrons. The Morgan fingerprint density at radius 1 is 1.32 bits per heavy atom. The number of fused-ring (bicyclic) bond motifs is 1. The van der Waals surface area contributed by atoms with Crippen molar-refractivity contribution in [3.8, 4) is 0 Å². The van der Waals surface area contributed by atoms with Gasteiger partial charge in [0.15, 0.2) is 0 Å². The molecule has 0 unspecified atom stereocenters. The number of nitrogens with two attached hydrogens (primary N) is 1. The molecule has 25 heavy (non-hydrogen) atoms. The van der Waals surface area contributed by atoms with Crippen LogP contribution >= 0.6 is 27.5 Å². The summed E-state index contributed by atoms with van der Waals surface area (Å²) in [7, 11) is 0. The van der Waals surface area contributed by atoms with E-state index < -0.39 is 5.82 Å². The van der Waals surface area contributed by atoms with Gasteiger partial charge in [-0.1, -0.05) is 17.7 Å². The van der Waals surface area contributed by atoms with E-state index in [1.54, 1.807) is 12.1 Å². The predicted octanol–water partition coefficient (Wildman–Crippen LogP) is 4.63. The molecule has 0 bridgehead atoms. The van der Waals surface area contributed by atoms with Gasteiger partial charge in [-0.25, -0.2) is 9.37 Å². The molecule has 7 heteroatoms. The average molecular weight is 426 g/mol. The molecule has 0 aliphatic carbocycles. The van der Waals surface area contributed by atoms with Gasteiger partial charge in [-0.05, 0) is 64.7 Å². The largest absolute Gasteiger partial charge is 0.354 e. The van der Waals surface area contributed by atoms with E-state index in [4.69, 9.17) is 22.3 Å². The summed E-state index contributed by atoms with van der Waals surface area (Å²) in [4.78, 5) is 4.73. The summed E-state index contributed by atoms with van der Waals surface area (Å²) in [6, 6.07) is 6.87. The number of hydrogen-bond acceptors (Lipinski definition) is 3. The third-order valence-corrected chi connectivity index (χ3v) is 5.50. The number of nitrogens with one attached hydrogen (secondary N) is 1. The monoisotopic (exact) mass is 424 g/mol. The Labute approximate surface area is 159 Å². The van der Waals surface area contributed by atoms with Crippen molar-refractivity contribution in [2.45, 2.75) is 20.4 Å². The van der Waals surface area contributed by atoms with Gasteiger partial charge in [-0.15, -0.1) is 0 Å². The second-order valence-electron chi connectivity index (χ2n) is 5.99. The minimum absolute atomic E-state index is 0.117. The number of nitrogens with zero attached hydrogens (tertiary/aromatic N) is 2. The molecule has 0 radical (unpaired) electrons. The highest BCUT2D eigenvalue weighted by atomic mass is 79.9. The zero-order valence-electron chi connectivity index (χ0n) is 14.0. The highest BCUT2D eigenvalue weighted by Crippen LogP contribution is 2.32. The molecule has 0 amide bonds. The third kappa shape index (κ3) is 3.52. The van der Waals surface area contributed by atoms with Crippen LogP contribution in [0.2, 0.25) is 5.02 Å². The number of halogens is 3. The van der Waals surface area contributed by atoms with E-state index in [1.165, 1.54) is 11.6 Å². The van der Waals surface area contributed by atoms with Crippen LogP contribution in [-0.2, 0) is 6.54 Å². The first kappa shape index (κ1) is 18.2. The molecule has 2 aromatic carbocycles. The number of rotatable bonds is 5. The lowest BCUT2D eigenvalue weighted by Gasteiger charge is -2.12. The molecule has 0 atom stereocenters. The highest BCUT2D eigenvalue weighted by molar-refractivity contribution is 9.10. The second-order valence-corrected chi connectivity index (χ2v) is 7.19. The number of hydrogen-bond donors (Lipinski definition) is 2. The molecule has 1 heterocycles. The molecule has 0 aliphatic rings. The molecule has 3 aromatic rings. The molecular weight excluding hydrogens is 407 g/mol. The second kappa shape index (κ2) is 7.32. The minimum Gasteiger partial charge on any atom is -0.354 e. The molecule has 4 nitrogen and oxygen atoms in total. The van der Waals surface area contributed by atoms with Gasteiger partial charge in [0.2, 0.25) is 5.95 Å². The number of aryl methyl sites for hydroxylation is 1. The third-order valence-electron chi connectivity index (χ3n) is 4.24. The summed E-state index contributed by atoms with van der Waals surface area (Å²) < 4.78 is 16.5. The number of anilines is 1. The fourth-order valence-corrected chi connectivity index (χ4v) is 3.54. The molecule has 0 saturated carbocycles. The van der Waals surface area contributed by atoms with Crippen molar-refractivity contribution in [3.63, 3.8) is 0 Å². The lowest BCUT2D eigenvalue weighted by molar-refractivity contribution is 0.627. The van der Waals surface area contributed by atoms with Gasteiger partial charge in [0.25, 0.3) is 0 Å². The Balaban J connectivity index is 2.14. The van der Waals surface area contributed by atoms with Crippen molar-refractivity contribution in [2.75, 3.05) is 18.4 Å². The van der Waals surface area contributed by atoms with Crippen molar-refractivity contribution < 1.29 is 4.39 Å². The smallest absolute Gasteiger partial charge is 0.204 e. The minimum atomic E-state index is -0.420. The number of imidazole rings is 1. The number of aromatic nitrogens is 2. The van der Waals surface area contributed by atoms with Crippen molar-refractivity contribution in [1.82, 2.24) is 9.55 Å². The van der Waals surface area contributed by atoms with Gasteiger partial charge in [-0.3, -0.25) is 0 Å². The van der Waals surface area contributed by atoms with Crippen LogP contribution in [0.3, 0.4) is 0 Å². The summed E-state index contributed by atoms with van der Waals surface area (Å²) in [5.74, 6) is 0.309. The first-order valence-electron chi connectivity index (χ1n) is 7.96. The van der Waals surface area contributed by atoms with Crippen LogP contribution in [0.4, 0.5) is 10.3 Å². The fourth-order valence-electron chi connectivity index (χ4n) is 2.74. The highest BCUT2D eigenvalue weighted by Gasteiger charge is 2.16. The van der Waals surface area contributed by atoms with E-state index in [0.717, 1.165) is 32.6 Å². The van der Waals surface area contributed by atoms with Gasteiger partial charge >= 0.3 is 0 Å². The van der Waals surface area contributed by atoms with Crippen molar-refractivity contribution >= 4 is 44.5 Å².